The average Bonchev–Trinajstić information content (AvgIpc) is 2.57. The standard InChI is InChI=1S/C18H33N3O5/c1-6-7-8-13(19)14(22)20-18(15(23)25-5)9-11-21(12-10-18)16(24)26-17(2,3)4/h13H,6-12,19H2,1-5H3,(H,20,22)/t13-/m0/s1. The van der Waals surface area contributed by atoms with Crippen molar-refractivity contribution < 1.29 is 23.9 Å². The Morgan fingerprint density at radius 3 is 2.27 bits per heavy atom. The van der Waals surface area contributed by atoms with Crippen molar-refractivity contribution in [1.29, 1.82) is 0 Å². The lowest BCUT2D eigenvalue weighted by molar-refractivity contribution is -0.153. The zero-order valence-electron chi connectivity index (χ0n) is 16.6. The molecule has 0 radical (unpaired) electrons. The number of rotatable bonds is 6. The van der Waals surface area contributed by atoms with Gasteiger partial charge in [0.05, 0.1) is 13.2 Å². The maximum atomic E-state index is 12.4. The highest BCUT2D eigenvalue weighted by atomic mass is 16.6. The summed E-state index contributed by atoms with van der Waals surface area (Å²) in [5.74, 6) is -0.882. The van der Waals surface area contributed by atoms with Crippen molar-refractivity contribution in [3.8, 4) is 0 Å². The molecule has 8 nitrogen and oxygen atoms in total. The molecule has 0 aromatic rings. The molecule has 1 saturated heterocycles. The third kappa shape index (κ3) is 6.16. The number of hydrogen-bond donors (Lipinski definition) is 2. The first kappa shape index (κ1) is 22.2. The minimum Gasteiger partial charge on any atom is -0.467 e. The Morgan fingerprint density at radius 1 is 1.23 bits per heavy atom. The number of nitrogens with one attached hydrogen (secondary N) is 1. The second-order valence-electron chi connectivity index (χ2n) is 7.78. The van der Waals surface area contributed by atoms with E-state index >= 15 is 0 Å². The number of amides is 2. The Bertz CT molecular complexity index is 507. The van der Waals surface area contributed by atoms with Gasteiger partial charge >= 0.3 is 12.1 Å². The Morgan fingerprint density at radius 2 is 1.81 bits per heavy atom. The highest BCUT2D eigenvalue weighted by Gasteiger charge is 2.45. The normalized spacial score (nSPS) is 18.0. The Balaban J connectivity index is 2.77. The van der Waals surface area contributed by atoms with Crippen LogP contribution in [0.2, 0.25) is 0 Å². The van der Waals surface area contributed by atoms with Crippen LogP contribution in [0.3, 0.4) is 0 Å². The summed E-state index contributed by atoms with van der Waals surface area (Å²) in [7, 11) is 1.29. The first-order valence-electron chi connectivity index (χ1n) is 9.18. The van der Waals surface area contributed by atoms with E-state index in [0.717, 1.165) is 12.8 Å². The molecule has 1 heterocycles. The number of nitrogens with zero attached hydrogens (tertiary/aromatic N) is 1. The number of methoxy groups -OCH3 is 1. The zero-order chi connectivity index (χ0) is 20.0. The fraction of sp³-hybridized carbons (Fsp3) is 0.833. The Hall–Kier alpha value is -1.83. The summed E-state index contributed by atoms with van der Waals surface area (Å²) in [6.45, 7) is 7.98. The fourth-order valence-electron chi connectivity index (χ4n) is 2.86. The van der Waals surface area contributed by atoms with E-state index in [1.165, 1.54) is 12.0 Å². The number of carbonyl (C=O) groups excluding carboxylic acids is 3. The maximum Gasteiger partial charge on any atom is 0.410 e. The molecule has 0 aromatic heterocycles. The first-order chi connectivity index (χ1) is 12.0. The van der Waals surface area contributed by atoms with Crippen LogP contribution in [0.1, 0.15) is 59.8 Å². The van der Waals surface area contributed by atoms with Crippen LogP contribution in [0.25, 0.3) is 0 Å². The topological polar surface area (TPSA) is 111 Å². The second-order valence-corrected chi connectivity index (χ2v) is 7.78. The Labute approximate surface area is 155 Å². The SMILES string of the molecule is CCCC[C@H](N)C(=O)NC1(C(=O)OC)CCN(C(=O)OC(C)(C)C)CC1. The van der Waals surface area contributed by atoms with Gasteiger partial charge in [-0.2, -0.15) is 0 Å². The van der Waals surface area contributed by atoms with E-state index in [9.17, 15) is 14.4 Å². The monoisotopic (exact) mass is 371 g/mol. The van der Waals surface area contributed by atoms with Crippen LogP contribution in [0.5, 0.6) is 0 Å². The number of nitrogens with two attached hydrogens (primary N) is 1. The molecule has 3 N–H and O–H groups in total. The van der Waals surface area contributed by atoms with Gasteiger partial charge in [-0.25, -0.2) is 9.59 Å². The average molecular weight is 371 g/mol. The van der Waals surface area contributed by atoms with Crippen molar-refractivity contribution in [3.63, 3.8) is 0 Å². The van der Waals surface area contributed by atoms with E-state index in [1.54, 1.807) is 20.8 Å². The summed E-state index contributed by atoms with van der Waals surface area (Å²) >= 11 is 0. The highest BCUT2D eigenvalue weighted by molar-refractivity contribution is 5.90. The number of unbranched alkanes of at least 4 members (excludes halogenated alkanes) is 1. The Kier molecular flexibility index (Phi) is 7.87. The van der Waals surface area contributed by atoms with Gasteiger partial charge < -0.3 is 25.4 Å². The molecule has 1 fully saturated rings. The van der Waals surface area contributed by atoms with Gasteiger partial charge in [-0.1, -0.05) is 19.8 Å². The zero-order valence-corrected chi connectivity index (χ0v) is 16.6. The van der Waals surface area contributed by atoms with Crippen LogP contribution in [0.4, 0.5) is 4.79 Å². The van der Waals surface area contributed by atoms with Crippen molar-refractivity contribution >= 4 is 18.0 Å². The number of likely N-dealkylation sites (tertiary alicyclic amines) is 1. The molecule has 150 valence electrons. The van der Waals surface area contributed by atoms with Crippen LogP contribution >= 0.6 is 0 Å². The molecule has 0 aliphatic carbocycles. The van der Waals surface area contributed by atoms with Gasteiger partial charge in [0, 0.05) is 13.1 Å². The van der Waals surface area contributed by atoms with E-state index in [0.29, 0.717) is 6.42 Å². The van der Waals surface area contributed by atoms with E-state index in [1.807, 2.05) is 6.92 Å². The third-order valence-corrected chi connectivity index (χ3v) is 4.41. The number of carbonyl (C=O) groups is 3. The van der Waals surface area contributed by atoms with Crippen molar-refractivity contribution in [2.45, 2.75) is 77.0 Å². The lowest BCUT2D eigenvalue weighted by Gasteiger charge is -2.40. The summed E-state index contributed by atoms with van der Waals surface area (Å²) in [5.41, 5.74) is 4.17. The van der Waals surface area contributed by atoms with Crippen molar-refractivity contribution in [1.82, 2.24) is 10.2 Å². The molecule has 0 unspecified atom stereocenters. The largest absolute Gasteiger partial charge is 0.467 e. The van der Waals surface area contributed by atoms with Crippen LogP contribution in [0, 0.1) is 0 Å². The first-order valence-corrected chi connectivity index (χ1v) is 9.18. The van der Waals surface area contributed by atoms with E-state index in [2.05, 4.69) is 5.32 Å². The number of piperidine rings is 1. The van der Waals surface area contributed by atoms with Gasteiger partial charge in [-0.15, -0.1) is 0 Å². The van der Waals surface area contributed by atoms with Gasteiger partial charge in [-0.05, 0) is 40.0 Å². The van der Waals surface area contributed by atoms with Crippen LogP contribution in [0.15, 0.2) is 0 Å². The molecule has 0 aromatic carbocycles. The van der Waals surface area contributed by atoms with Crippen molar-refractivity contribution in [3.05, 3.63) is 0 Å². The molecular weight excluding hydrogens is 338 g/mol. The molecule has 8 heteroatoms. The smallest absolute Gasteiger partial charge is 0.410 e. The van der Waals surface area contributed by atoms with Crippen LogP contribution in [-0.2, 0) is 19.1 Å². The molecule has 0 spiro atoms. The number of hydrogen-bond acceptors (Lipinski definition) is 6. The van der Waals surface area contributed by atoms with Gasteiger partial charge in [0.2, 0.25) is 5.91 Å². The van der Waals surface area contributed by atoms with E-state index in [-0.39, 0.29) is 31.8 Å². The quantitative estimate of drug-likeness (QED) is 0.686. The number of ether oxygens (including phenoxy) is 2. The minimum absolute atomic E-state index is 0.255. The highest BCUT2D eigenvalue weighted by Crippen LogP contribution is 2.25. The summed E-state index contributed by atoms with van der Waals surface area (Å²) in [5, 5.41) is 2.78. The predicted octanol–water partition coefficient (Wildman–Crippen LogP) is 1.56. The van der Waals surface area contributed by atoms with Gasteiger partial charge in [-0.3, -0.25) is 4.79 Å². The molecule has 1 aliphatic rings. The fourth-order valence-corrected chi connectivity index (χ4v) is 2.86. The van der Waals surface area contributed by atoms with E-state index in [4.69, 9.17) is 15.2 Å². The van der Waals surface area contributed by atoms with Gasteiger partial charge in [0.15, 0.2) is 0 Å². The third-order valence-electron chi connectivity index (χ3n) is 4.41. The molecule has 1 atom stereocenters. The summed E-state index contributed by atoms with van der Waals surface area (Å²) < 4.78 is 10.3. The lowest BCUT2D eigenvalue weighted by atomic mass is 9.87. The maximum absolute atomic E-state index is 12.4. The summed E-state index contributed by atoms with van der Waals surface area (Å²) in [6.07, 6.45) is 2.42. The molecule has 0 saturated carbocycles. The number of esters is 1. The molecule has 26 heavy (non-hydrogen) atoms. The molecular formula is C18H33N3O5. The predicted molar refractivity (Wildman–Crippen MR) is 97.4 cm³/mol. The molecule has 1 rings (SSSR count). The van der Waals surface area contributed by atoms with Crippen molar-refractivity contribution in [2.75, 3.05) is 20.2 Å². The molecule has 0 bridgehead atoms. The van der Waals surface area contributed by atoms with Gasteiger partial charge in [0.1, 0.15) is 11.1 Å². The molecule has 1 aliphatic heterocycles. The molecule has 2 amide bonds. The second kappa shape index (κ2) is 9.21. The van der Waals surface area contributed by atoms with Crippen LogP contribution in [-0.4, -0.2) is 60.3 Å². The van der Waals surface area contributed by atoms with Crippen molar-refractivity contribution in [2.24, 2.45) is 5.73 Å². The summed E-state index contributed by atoms with van der Waals surface area (Å²) in [6, 6.07) is -0.666. The summed E-state index contributed by atoms with van der Waals surface area (Å²) in [4.78, 5) is 38.5. The van der Waals surface area contributed by atoms with Gasteiger partial charge in [0.25, 0.3) is 0 Å². The lowest BCUT2D eigenvalue weighted by Crippen LogP contribution is -2.63. The van der Waals surface area contributed by atoms with E-state index < -0.39 is 29.2 Å². The van der Waals surface area contributed by atoms with Crippen LogP contribution < -0.4 is 11.1 Å². The minimum atomic E-state index is -1.16.